The van der Waals surface area contributed by atoms with Crippen LogP contribution in [0.2, 0.25) is 0 Å². The summed E-state index contributed by atoms with van der Waals surface area (Å²) in [4.78, 5) is 20.2. The Morgan fingerprint density at radius 1 is 1.00 bits per heavy atom. The van der Waals surface area contributed by atoms with Gasteiger partial charge in [-0.3, -0.25) is 4.79 Å². The summed E-state index contributed by atoms with van der Waals surface area (Å²) in [6, 6.07) is 16.2. The number of hydrogen-bond donors (Lipinski definition) is 0. The number of rotatable bonds is 10. The second-order valence-corrected chi connectivity index (χ2v) is 7.83. The van der Waals surface area contributed by atoms with E-state index in [1.54, 1.807) is 0 Å². The Morgan fingerprint density at radius 2 is 1.79 bits per heavy atom. The van der Waals surface area contributed by atoms with Gasteiger partial charge in [-0.25, -0.2) is 4.98 Å². The SMILES string of the molecule is CCCCCN(Cc1nc2ccccc2n1CCCC)C(=O)c1cccc(C)c1. The number of fused-ring (bicyclic) bond motifs is 1. The number of unbranched alkanes of at least 4 members (excludes halogenated alkanes) is 3. The first-order valence-electron chi connectivity index (χ1n) is 10.9. The van der Waals surface area contributed by atoms with E-state index >= 15 is 0 Å². The first-order chi connectivity index (χ1) is 14.1. The fraction of sp³-hybridized carbons (Fsp3) is 0.440. The van der Waals surface area contributed by atoms with E-state index in [0.717, 1.165) is 73.2 Å². The molecule has 2 aromatic carbocycles. The molecule has 0 radical (unpaired) electrons. The Labute approximate surface area is 174 Å². The molecule has 1 aromatic heterocycles. The van der Waals surface area contributed by atoms with Crippen molar-refractivity contribution in [3.63, 3.8) is 0 Å². The summed E-state index contributed by atoms with van der Waals surface area (Å²) in [5, 5.41) is 0. The third-order valence-electron chi connectivity index (χ3n) is 5.38. The van der Waals surface area contributed by atoms with E-state index in [1.807, 2.05) is 42.2 Å². The van der Waals surface area contributed by atoms with Crippen LogP contribution in [0.4, 0.5) is 0 Å². The highest BCUT2D eigenvalue weighted by Gasteiger charge is 2.20. The molecule has 3 rings (SSSR count). The van der Waals surface area contributed by atoms with Crippen LogP contribution in [-0.4, -0.2) is 26.9 Å². The van der Waals surface area contributed by atoms with E-state index in [0.29, 0.717) is 6.54 Å². The molecule has 1 amide bonds. The zero-order valence-corrected chi connectivity index (χ0v) is 18.0. The predicted octanol–water partition coefficient (Wildman–Crippen LogP) is 5.98. The van der Waals surface area contributed by atoms with Gasteiger partial charge in [0.15, 0.2) is 0 Å². The van der Waals surface area contributed by atoms with Gasteiger partial charge < -0.3 is 9.47 Å². The third kappa shape index (κ3) is 5.26. The van der Waals surface area contributed by atoms with Crippen molar-refractivity contribution in [3.8, 4) is 0 Å². The number of amides is 1. The van der Waals surface area contributed by atoms with Gasteiger partial charge in [-0.2, -0.15) is 0 Å². The summed E-state index contributed by atoms with van der Waals surface area (Å²) in [7, 11) is 0. The Bertz CT molecular complexity index is 944. The smallest absolute Gasteiger partial charge is 0.254 e. The lowest BCUT2D eigenvalue weighted by Crippen LogP contribution is -2.32. The number of aromatic nitrogens is 2. The number of benzene rings is 2. The molecule has 0 spiro atoms. The number of carbonyl (C=O) groups is 1. The van der Waals surface area contributed by atoms with Gasteiger partial charge in [-0.05, 0) is 44.0 Å². The molecule has 154 valence electrons. The highest BCUT2D eigenvalue weighted by atomic mass is 16.2. The normalized spacial score (nSPS) is 11.1. The van der Waals surface area contributed by atoms with Crippen LogP contribution < -0.4 is 0 Å². The number of nitrogens with zero attached hydrogens (tertiary/aromatic N) is 3. The van der Waals surface area contributed by atoms with Crippen molar-refractivity contribution >= 4 is 16.9 Å². The van der Waals surface area contributed by atoms with Crippen LogP contribution in [0.1, 0.15) is 67.7 Å². The summed E-state index contributed by atoms with van der Waals surface area (Å²) >= 11 is 0. The van der Waals surface area contributed by atoms with Gasteiger partial charge in [0.1, 0.15) is 5.82 Å². The average Bonchev–Trinajstić information content (AvgIpc) is 3.08. The Balaban J connectivity index is 1.91. The van der Waals surface area contributed by atoms with E-state index in [1.165, 1.54) is 0 Å². The first-order valence-corrected chi connectivity index (χ1v) is 10.9. The molecule has 29 heavy (non-hydrogen) atoms. The molecule has 0 N–H and O–H groups in total. The first kappa shape index (κ1) is 21.1. The largest absolute Gasteiger partial charge is 0.331 e. The lowest BCUT2D eigenvalue weighted by Gasteiger charge is -2.23. The van der Waals surface area contributed by atoms with Crippen LogP contribution in [-0.2, 0) is 13.1 Å². The summed E-state index contributed by atoms with van der Waals surface area (Å²) < 4.78 is 2.30. The maximum atomic E-state index is 13.3. The van der Waals surface area contributed by atoms with Crippen LogP contribution in [0, 0.1) is 6.92 Å². The third-order valence-corrected chi connectivity index (χ3v) is 5.38. The van der Waals surface area contributed by atoms with Crippen LogP contribution in [0.3, 0.4) is 0 Å². The highest BCUT2D eigenvalue weighted by Crippen LogP contribution is 2.20. The molecule has 3 aromatic rings. The Kier molecular flexibility index (Phi) is 7.45. The minimum atomic E-state index is 0.0962. The summed E-state index contributed by atoms with van der Waals surface area (Å²) in [6.07, 6.45) is 5.53. The van der Waals surface area contributed by atoms with E-state index < -0.39 is 0 Å². The van der Waals surface area contributed by atoms with Crippen LogP contribution in [0.5, 0.6) is 0 Å². The maximum absolute atomic E-state index is 13.3. The molecule has 0 unspecified atom stereocenters. The predicted molar refractivity (Wildman–Crippen MR) is 120 cm³/mol. The second kappa shape index (κ2) is 10.2. The number of aryl methyl sites for hydroxylation is 2. The molecular weight excluding hydrogens is 358 g/mol. The van der Waals surface area contributed by atoms with Crippen LogP contribution in [0.15, 0.2) is 48.5 Å². The summed E-state index contributed by atoms with van der Waals surface area (Å²) in [6.45, 7) is 8.68. The lowest BCUT2D eigenvalue weighted by atomic mass is 10.1. The number of carbonyl (C=O) groups excluding carboxylic acids is 1. The van der Waals surface area contributed by atoms with Crippen molar-refractivity contribution in [3.05, 3.63) is 65.5 Å². The molecule has 0 fully saturated rings. The highest BCUT2D eigenvalue weighted by molar-refractivity contribution is 5.94. The second-order valence-electron chi connectivity index (χ2n) is 7.83. The molecule has 4 heteroatoms. The molecular formula is C25H33N3O. The molecule has 4 nitrogen and oxygen atoms in total. The van der Waals surface area contributed by atoms with E-state index in [4.69, 9.17) is 4.98 Å². The van der Waals surface area contributed by atoms with Crippen LogP contribution in [0.25, 0.3) is 11.0 Å². The van der Waals surface area contributed by atoms with Crippen molar-refractivity contribution in [1.29, 1.82) is 0 Å². The minimum absolute atomic E-state index is 0.0962. The van der Waals surface area contributed by atoms with Crippen molar-refractivity contribution in [2.45, 2.75) is 66.0 Å². The van der Waals surface area contributed by atoms with Crippen LogP contribution >= 0.6 is 0 Å². The standard InChI is InChI=1S/C25H33N3O/c1-4-6-10-16-27(25(29)21-13-11-12-20(3)18-21)19-24-26-22-14-8-9-15-23(22)28(24)17-7-5-2/h8-9,11-15,18H,4-7,10,16-17,19H2,1-3H3. The van der Waals surface area contributed by atoms with Gasteiger partial charge in [0.25, 0.3) is 5.91 Å². The Morgan fingerprint density at radius 3 is 2.55 bits per heavy atom. The molecule has 0 aliphatic heterocycles. The monoisotopic (exact) mass is 391 g/mol. The molecule has 0 saturated carbocycles. The molecule has 0 aliphatic rings. The number of para-hydroxylation sites is 2. The van der Waals surface area contributed by atoms with Gasteiger partial charge in [-0.1, -0.05) is 62.9 Å². The molecule has 1 heterocycles. The molecule has 0 saturated heterocycles. The van der Waals surface area contributed by atoms with Crippen molar-refractivity contribution in [2.24, 2.45) is 0 Å². The fourth-order valence-electron chi connectivity index (χ4n) is 3.75. The van der Waals surface area contributed by atoms with Crippen molar-refractivity contribution < 1.29 is 4.79 Å². The van der Waals surface area contributed by atoms with E-state index in [2.05, 4.69) is 36.6 Å². The van der Waals surface area contributed by atoms with Gasteiger partial charge in [0, 0.05) is 18.7 Å². The van der Waals surface area contributed by atoms with Crippen molar-refractivity contribution in [1.82, 2.24) is 14.5 Å². The summed E-state index contributed by atoms with van der Waals surface area (Å²) in [5.41, 5.74) is 4.04. The average molecular weight is 392 g/mol. The quantitative estimate of drug-likeness (QED) is 0.399. The minimum Gasteiger partial charge on any atom is -0.331 e. The topological polar surface area (TPSA) is 38.1 Å². The summed E-state index contributed by atoms with van der Waals surface area (Å²) in [5.74, 6) is 1.08. The number of imidazole rings is 1. The van der Waals surface area contributed by atoms with Gasteiger partial charge in [0.05, 0.1) is 17.6 Å². The van der Waals surface area contributed by atoms with E-state index in [9.17, 15) is 4.79 Å². The zero-order chi connectivity index (χ0) is 20.6. The van der Waals surface area contributed by atoms with E-state index in [-0.39, 0.29) is 5.91 Å². The fourth-order valence-corrected chi connectivity index (χ4v) is 3.75. The molecule has 0 bridgehead atoms. The Hall–Kier alpha value is -2.62. The van der Waals surface area contributed by atoms with Crippen molar-refractivity contribution in [2.75, 3.05) is 6.54 Å². The lowest BCUT2D eigenvalue weighted by molar-refractivity contribution is 0.0734. The van der Waals surface area contributed by atoms with Gasteiger partial charge in [0.2, 0.25) is 0 Å². The molecule has 0 atom stereocenters. The maximum Gasteiger partial charge on any atom is 0.254 e. The zero-order valence-electron chi connectivity index (χ0n) is 18.0. The van der Waals surface area contributed by atoms with Gasteiger partial charge >= 0.3 is 0 Å². The van der Waals surface area contributed by atoms with Gasteiger partial charge in [-0.15, -0.1) is 0 Å². The number of hydrogen-bond acceptors (Lipinski definition) is 2. The molecule has 0 aliphatic carbocycles.